The van der Waals surface area contributed by atoms with Crippen LogP contribution >= 0.6 is 23.2 Å². The molecule has 0 saturated heterocycles. The van der Waals surface area contributed by atoms with E-state index in [0.717, 1.165) is 5.56 Å². The van der Waals surface area contributed by atoms with Crippen LogP contribution in [0.4, 0.5) is 0 Å². The highest BCUT2D eigenvalue weighted by Gasteiger charge is 2.45. The Balaban J connectivity index is 1.93. The quantitative estimate of drug-likeness (QED) is 0.554. The minimum Gasteiger partial charge on any atom is -0.480 e. The lowest BCUT2D eigenvalue weighted by atomic mass is 10.1. The van der Waals surface area contributed by atoms with E-state index in [-0.39, 0.29) is 31.0 Å². The molecule has 0 bridgehead atoms. The van der Waals surface area contributed by atoms with Crippen molar-refractivity contribution in [1.29, 1.82) is 0 Å². The molecule has 5 nitrogen and oxygen atoms in total. The largest absolute Gasteiger partial charge is 0.480 e. The smallest absolute Gasteiger partial charge is 0.328 e. The molecule has 1 amide bonds. The summed E-state index contributed by atoms with van der Waals surface area (Å²) in [7, 11) is 0. The first-order chi connectivity index (χ1) is 10.9. The summed E-state index contributed by atoms with van der Waals surface area (Å²) in [6, 6.07) is 4.07. The van der Waals surface area contributed by atoms with Crippen LogP contribution in [0.1, 0.15) is 17.9 Å². The number of amides is 1. The van der Waals surface area contributed by atoms with E-state index in [1.54, 1.807) is 18.2 Å². The van der Waals surface area contributed by atoms with Gasteiger partial charge in [0.05, 0.1) is 13.2 Å². The van der Waals surface area contributed by atoms with Gasteiger partial charge < -0.3 is 15.2 Å². The van der Waals surface area contributed by atoms with Crippen molar-refractivity contribution in [1.82, 2.24) is 5.32 Å². The molecule has 1 aliphatic carbocycles. The summed E-state index contributed by atoms with van der Waals surface area (Å²) >= 11 is 12.0. The number of hydrogen-bond donors (Lipinski definition) is 2. The molecule has 0 heterocycles. The monoisotopic (exact) mass is 357 g/mol. The highest BCUT2D eigenvalue weighted by atomic mass is 35.5. The minimum atomic E-state index is -1.14. The zero-order valence-corrected chi connectivity index (χ0v) is 13.8. The van der Waals surface area contributed by atoms with Crippen molar-refractivity contribution in [3.05, 3.63) is 46.5 Å². The van der Waals surface area contributed by atoms with Crippen LogP contribution < -0.4 is 5.32 Å². The number of carbonyl (C=O) groups is 2. The third kappa shape index (κ3) is 4.70. The molecule has 3 unspecified atom stereocenters. The van der Waals surface area contributed by atoms with Crippen LogP contribution in [0, 0.1) is 5.92 Å². The van der Waals surface area contributed by atoms with Gasteiger partial charge in [-0.1, -0.05) is 35.3 Å². The van der Waals surface area contributed by atoms with E-state index in [9.17, 15) is 9.59 Å². The fraction of sp³-hybridized carbons (Fsp3) is 0.375. The Bertz CT molecular complexity index is 620. The van der Waals surface area contributed by atoms with Gasteiger partial charge in [0.15, 0.2) is 6.04 Å². The van der Waals surface area contributed by atoms with Crippen LogP contribution in [0.3, 0.4) is 0 Å². The number of carbonyl (C=O) groups excluding carboxylic acids is 1. The third-order valence-electron chi connectivity index (χ3n) is 3.62. The summed E-state index contributed by atoms with van der Waals surface area (Å²) < 4.78 is 5.10. The van der Waals surface area contributed by atoms with Gasteiger partial charge in [0, 0.05) is 16.0 Å². The zero-order chi connectivity index (χ0) is 17.0. The summed E-state index contributed by atoms with van der Waals surface area (Å²) in [6.45, 7) is 3.60. The lowest BCUT2D eigenvalue weighted by Gasteiger charge is -2.14. The van der Waals surface area contributed by atoms with E-state index in [4.69, 9.17) is 33.0 Å². The highest BCUT2D eigenvalue weighted by Crippen LogP contribution is 2.50. The van der Waals surface area contributed by atoms with Gasteiger partial charge in [0.1, 0.15) is 0 Å². The number of ether oxygens (including phenoxy) is 1. The van der Waals surface area contributed by atoms with E-state index in [0.29, 0.717) is 16.5 Å². The number of halogens is 2. The molecular formula is C16H17Cl2NO4. The summed E-state index contributed by atoms with van der Waals surface area (Å²) in [5.41, 5.74) is 0.853. The number of rotatable bonds is 8. The van der Waals surface area contributed by atoms with Crippen molar-refractivity contribution in [2.45, 2.75) is 18.4 Å². The average Bonchev–Trinajstić information content (AvgIpc) is 3.26. The Hall–Kier alpha value is -1.56. The average molecular weight is 358 g/mol. The van der Waals surface area contributed by atoms with Gasteiger partial charge in [-0.2, -0.15) is 0 Å². The molecule has 23 heavy (non-hydrogen) atoms. The van der Waals surface area contributed by atoms with Crippen molar-refractivity contribution in [3.8, 4) is 0 Å². The Labute approximate surface area is 144 Å². The molecule has 1 aromatic rings. The number of carboxylic acids is 1. The van der Waals surface area contributed by atoms with Crippen LogP contribution in [0.2, 0.25) is 10.0 Å². The summed E-state index contributed by atoms with van der Waals surface area (Å²) in [5.74, 6) is -1.74. The summed E-state index contributed by atoms with van der Waals surface area (Å²) in [5, 5.41) is 12.7. The second kappa shape index (κ2) is 7.81. The van der Waals surface area contributed by atoms with Crippen molar-refractivity contribution in [3.63, 3.8) is 0 Å². The lowest BCUT2D eigenvalue weighted by Crippen LogP contribution is -2.44. The number of hydrogen-bond acceptors (Lipinski definition) is 3. The summed E-state index contributed by atoms with van der Waals surface area (Å²) in [6.07, 6.45) is 2.15. The van der Waals surface area contributed by atoms with Crippen molar-refractivity contribution in [2.75, 3.05) is 13.2 Å². The van der Waals surface area contributed by atoms with E-state index in [2.05, 4.69) is 11.9 Å². The maximum absolute atomic E-state index is 12.2. The number of aliphatic carboxylic acids is 1. The molecular weight excluding hydrogens is 341 g/mol. The predicted octanol–water partition coefficient (Wildman–Crippen LogP) is 2.87. The Kier molecular flexibility index (Phi) is 6.04. The number of nitrogens with one attached hydrogen (secondary N) is 1. The molecule has 1 saturated carbocycles. The second-order valence-corrected chi connectivity index (χ2v) is 6.18. The maximum atomic E-state index is 12.2. The molecule has 0 spiro atoms. The van der Waals surface area contributed by atoms with E-state index < -0.39 is 12.0 Å². The molecule has 0 aliphatic heterocycles. The third-order valence-corrected chi connectivity index (χ3v) is 4.19. The van der Waals surface area contributed by atoms with Gasteiger partial charge in [0.2, 0.25) is 5.91 Å². The van der Waals surface area contributed by atoms with Gasteiger partial charge in [-0.15, -0.1) is 6.58 Å². The molecule has 0 radical (unpaired) electrons. The van der Waals surface area contributed by atoms with Gasteiger partial charge >= 0.3 is 5.97 Å². The first-order valence-electron chi connectivity index (χ1n) is 7.10. The fourth-order valence-corrected chi connectivity index (χ4v) is 2.90. The maximum Gasteiger partial charge on any atom is 0.328 e. The van der Waals surface area contributed by atoms with Crippen LogP contribution in [0.5, 0.6) is 0 Å². The highest BCUT2D eigenvalue weighted by molar-refractivity contribution is 6.35. The zero-order valence-electron chi connectivity index (χ0n) is 12.3. The van der Waals surface area contributed by atoms with Crippen molar-refractivity contribution >= 4 is 35.1 Å². The molecule has 1 aliphatic rings. The summed E-state index contributed by atoms with van der Waals surface area (Å²) in [4.78, 5) is 23.4. The lowest BCUT2D eigenvalue weighted by molar-refractivity contribution is -0.143. The molecule has 1 fully saturated rings. The SMILES string of the molecule is C=CCOCC(NC(=O)C1CC1c1ccc(Cl)cc1Cl)C(=O)O. The van der Waals surface area contributed by atoms with Crippen LogP contribution in [0.15, 0.2) is 30.9 Å². The minimum absolute atomic E-state index is 0.0108. The topological polar surface area (TPSA) is 75.6 Å². The Morgan fingerprint density at radius 1 is 1.48 bits per heavy atom. The molecule has 2 N–H and O–H groups in total. The normalized spacial score (nSPS) is 20.6. The second-order valence-electron chi connectivity index (χ2n) is 5.34. The van der Waals surface area contributed by atoms with Crippen LogP contribution in [-0.4, -0.2) is 36.2 Å². The van der Waals surface area contributed by atoms with E-state index in [1.807, 2.05) is 0 Å². The van der Waals surface area contributed by atoms with Crippen molar-refractivity contribution < 1.29 is 19.4 Å². The number of benzene rings is 1. The Morgan fingerprint density at radius 3 is 2.83 bits per heavy atom. The standard InChI is InChI=1S/C16H17Cl2NO4/c1-2-5-23-8-14(16(21)22)19-15(20)12-7-11(12)10-4-3-9(17)6-13(10)18/h2-4,6,11-12,14H,1,5,7-8H2,(H,19,20)(H,21,22). The van der Waals surface area contributed by atoms with Gasteiger partial charge in [-0.3, -0.25) is 4.79 Å². The van der Waals surface area contributed by atoms with Gasteiger partial charge in [-0.25, -0.2) is 4.79 Å². The first kappa shape index (κ1) is 17.8. The number of carboxylic acid groups (broad SMARTS) is 1. The molecule has 1 aromatic carbocycles. The van der Waals surface area contributed by atoms with Crippen LogP contribution in [-0.2, 0) is 14.3 Å². The molecule has 7 heteroatoms. The van der Waals surface area contributed by atoms with Gasteiger partial charge in [-0.05, 0) is 30.0 Å². The van der Waals surface area contributed by atoms with E-state index >= 15 is 0 Å². The van der Waals surface area contributed by atoms with Crippen molar-refractivity contribution in [2.24, 2.45) is 5.92 Å². The fourth-order valence-electron chi connectivity index (χ4n) is 2.35. The molecule has 3 atom stereocenters. The molecule has 2 rings (SSSR count). The van der Waals surface area contributed by atoms with E-state index in [1.165, 1.54) is 6.08 Å². The van der Waals surface area contributed by atoms with Gasteiger partial charge in [0.25, 0.3) is 0 Å². The molecule has 124 valence electrons. The Morgan fingerprint density at radius 2 is 2.22 bits per heavy atom. The molecule has 0 aromatic heterocycles. The predicted molar refractivity (Wildman–Crippen MR) is 87.9 cm³/mol. The van der Waals surface area contributed by atoms with Crippen LogP contribution in [0.25, 0.3) is 0 Å². The first-order valence-corrected chi connectivity index (χ1v) is 7.86.